The quantitative estimate of drug-likeness (QED) is 0.398. The molecule has 38 heavy (non-hydrogen) atoms. The molecule has 6 rings (SSSR count). The fourth-order valence-electron chi connectivity index (χ4n) is 4.52. The molecule has 0 saturated heterocycles. The highest BCUT2D eigenvalue weighted by atomic mass is 32.2. The molecule has 1 unspecified atom stereocenters. The zero-order valence-corrected chi connectivity index (χ0v) is 22.0. The van der Waals surface area contributed by atoms with E-state index < -0.39 is 6.04 Å². The fraction of sp³-hybridized carbons (Fsp3) is 0.185. The molecule has 11 heteroatoms. The van der Waals surface area contributed by atoms with E-state index in [1.807, 2.05) is 60.8 Å². The van der Waals surface area contributed by atoms with Crippen LogP contribution in [0.15, 0.2) is 80.8 Å². The van der Waals surface area contributed by atoms with E-state index in [0.29, 0.717) is 40.3 Å². The number of nitrogens with zero attached hydrogens (tertiary/aromatic N) is 5. The van der Waals surface area contributed by atoms with Gasteiger partial charge in [0.1, 0.15) is 17.5 Å². The van der Waals surface area contributed by atoms with Gasteiger partial charge in [0, 0.05) is 28.0 Å². The Bertz CT molecular complexity index is 1690. The molecule has 0 fully saturated rings. The number of amidine groups is 2. The normalized spacial score (nSPS) is 16.2. The summed E-state index contributed by atoms with van der Waals surface area (Å²) in [7, 11) is 0. The Kier molecular flexibility index (Phi) is 6.38. The molecule has 2 aliphatic rings. The summed E-state index contributed by atoms with van der Waals surface area (Å²) in [5.74, 6) is 0.224. The van der Waals surface area contributed by atoms with Gasteiger partial charge in [-0.15, -0.1) is 11.3 Å². The van der Waals surface area contributed by atoms with Gasteiger partial charge in [0.05, 0.1) is 24.3 Å². The zero-order chi connectivity index (χ0) is 26.2. The van der Waals surface area contributed by atoms with E-state index in [-0.39, 0.29) is 23.8 Å². The van der Waals surface area contributed by atoms with Gasteiger partial charge in [-0.2, -0.15) is 4.99 Å². The standard InChI is InChI=1S/C27H22N6O3S2/c1-16-6-4-10-22-29-17(12-24(35)32(16)22)15-38-27-30-20-9-3-2-8-19(20)25-31-26(36)21(33(25)27)13-23(34)28-14-18-7-5-11-37-18/h2-12,21H,13-15H2,1H3,(H,28,34). The van der Waals surface area contributed by atoms with Crippen LogP contribution in [0.1, 0.15) is 28.2 Å². The number of carbonyl (C=O) groups is 2. The van der Waals surface area contributed by atoms with Crippen LogP contribution in [0, 0.1) is 6.92 Å². The molecule has 0 aliphatic carbocycles. The van der Waals surface area contributed by atoms with Crippen LogP contribution in [0.25, 0.3) is 5.65 Å². The number of pyridine rings is 1. The maximum absolute atomic E-state index is 13.0. The lowest BCUT2D eigenvalue weighted by molar-refractivity contribution is -0.126. The van der Waals surface area contributed by atoms with E-state index in [1.165, 1.54) is 17.8 Å². The second kappa shape index (κ2) is 9.99. The maximum Gasteiger partial charge on any atom is 0.271 e. The lowest BCUT2D eigenvalue weighted by atomic mass is 10.1. The van der Waals surface area contributed by atoms with Crippen LogP contribution in [0.3, 0.4) is 0 Å². The summed E-state index contributed by atoms with van der Waals surface area (Å²) in [5.41, 5.74) is 3.26. The highest BCUT2D eigenvalue weighted by molar-refractivity contribution is 8.13. The monoisotopic (exact) mass is 542 g/mol. The van der Waals surface area contributed by atoms with E-state index >= 15 is 0 Å². The first-order valence-electron chi connectivity index (χ1n) is 12.0. The van der Waals surface area contributed by atoms with Crippen molar-refractivity contribution in [2.45, 2.75) is 31.7 Å². The molecule has 4 aromatic rings. The van der Waals surface area contributed by atoms with Gasteiger partial charge in [-0.05, 0) is 42.6 Å². The van der Waals surface area contributed by atoms with Crippen molar-refractivity contribution in [3.05, 3.63) is 98.2 Å². The number of rotatable bonds is 6. The molecule has 0 radical (unpaired) electrons. The predicted molar refractivity (Wildman–Crippen MR) is 149 cm³/mol. The van der Waals surface area contributed by atoms with Gasteiger partial charge >= 0.3 is 0 Å². The highest BCUT2D eigenvalue weighted by Gasteiger charge is 2.42. The molecule has 9 nitrogen and oxygen atoms in total. The van der Waals surface area contributed by atoms with Crippen molar-refractivity contribution >= 4 is 57.3 Å². The van der Waals surface area contributed by atoms with Gasteiger partial charge in [-0.1, -0.05) is 36.0 Å². The summed E-state index contributed by atoms with van der Waals surface area (Å²) < 4.78 is 1.57. The Labute approximate surface area is 226 Å². The number of fused-ring (bicyclic) bond motifs is 4. The number of benzene rings is 1. The Morgan fingerprint density at radius 1 is 1.08 bits per heavy atom. The van der Waals surface area contributed by atoms with Crippen molar-refractivity contribution < 1.29 is 9.59 Å². The fourth-order valence-corrected chi connectivity index (χ4v) is 6.11. The Balaban J connectivity index is 1.27. The van der Waals surface area contributed by atoms with E-state index in [4.69, 9.17) is 4.99 Å². The number of aromatic nitrogens is 2. The average molecular weight is 543 g/mol. The molecule has 1 atom stereocenters. The first-order valence-corrected chi connectivity index (χ1v) is 13.8. The van der Waals surface area contributed by atoms with Crippen LogP contribution < -0.4 is 10.9 Å². The smallest absolute Gasteiger partial charge is 0.271 e. The van der Waals surface area contributed by atoms with Crippen molar-refractivity contribution in [3.8, 4) is 0 Å². The lowest BCUT2D eigenvalue weighted by Gasteiger charge is -2.30. The SMILES string of the molecule is Cc1cccc2nc(CSC3=Nc4ccccc4C4=NC(=O)C(CC(=O)NCc5cccs5)N34)cc(=O)n12. The Morgan fingerprint density at radius 2 is 1.95 bits per heavy atom. The van der Waals surface area contributed by atoms with Crippen molar-refractivity contribution in [2.24, 2.45) is 9.98 Å². The lowest BCUT2D eigenvalue weighted by Crippen LogP contribution is -2.45. The number of carbonyl (C=O) groups excluding carboxylic acids is 2. The number of amides is 2. The van der Waals surface area contributed by atoms with Crippen LogP contribution in [0.5, 0.6) is 0 Å². The number of thioether (sulfide) groups is 1. The van der Waals surface area contributed by atoms with Gasteiger partial charge in [0.25, 0.3) is 11.5 Å². The van der Waals surface area contributed by atoms with Crippen molar-refractivity contribution in [2.75, 3.05) is 0 Å². The number of aryl methyl sites for hydroxylation is 1. The van der Waals surface area contributed by atoms with Crippen LogP contribution in [0.2, 0.25) is 0 Å². The largest absolute Gasteiger partial charge is 0.351 e. The summed E-state index contributed by atoms with van der Waals surface area (Å²) in [6, 6.07) is 17.6. The Morgan fingerprint density at radius 3 is 2.79 bits per heavy atom. The molecule has 3 aromatic heterocycles. The number of para-hydroxylation sites is 1. The number of nitrogens with one attached hydrogen (secondary N) is 1. The van der Waals surface area contributed by atoms with Crippen LogP contribution in [0.4, 0.5) is 5.69 Å². The molecule has 1 aromatic carbocycles. The van der Waals surface area contributed by atoms with E-state index in [2.05, 4.69) is 15.3 Å². The minimum Gasteiger partial charge on any atom is -0.351 e. The predicted octanol–water partition coefficient (Wildman–Crippen LogP) is 3.66. The summed E-state index contributed by atoms with van der Waals surface area (Å²) in [4.78, 5) is 55.2. The molecular weight excluding hydrogens is 520 g/mol. The molecule has 0 saturated carbocycles. The summed E-state index contributed by atoms with van der Waals surface area (Å²) in [6.07, 6.45) is -0.0478. The van der Waals surface area contributed by atoms with Crippen molar-refractivity contribution in [1.29, 1.82) is 0 Å². The van der Waals surface area contributed by atoms with E-state index in [0.717, 1.165) is 16.1 Å². The first kappa shape index (κ1) is 24.3. The van der Waals surface area contributed by atoms with Crippen molar-refractivity contribution in [1.82, 2.24) is 19.6 Å². The van der Waals surface area contributed by atoms with Crippen LogP contribution >= 0.6 is 23.1 Å². The van der Waals surface area contributed by atoms with Gasteiger partial charge in [-0.25, -0.2) is 9.98 Å². The van der Waals surface area contributed by atoms with E-state index in [1.54, 1.807) is 26.7 Å². The van der Waals surface area contributed by atoms with Gasteiger partial charge in [0.15, 0.2) is 5.17 Å². The Hall–Kier alpha value is -4.09. The zero-order valence-electron chi connectivity index (χ0n) is 20.3. The number of hydrogen-bond acceptors (Lipinski definition) is 8. The van der Waals surface area contributed by atoms with Gasteiger partial charge in [-0.3, -0.25) is 23.7 Å². The molecule has 1 N–H and O–H groups in total. The molecule has 2 aliphatic heterocycles. The van der Waals surface area contributed by atoms with E-state index in [9.17, 15) is 14.4 Å². The third kappa shape index (κ3) is 4.54. The second-order valence-electron chi connectivity index (χ2n) is 8.87. The second-order valence-corrected chi connectivity index (χ2v) is 10.8. The molecule has 2 amide bonds. The molecule has 0 spiro atoms. The molecule has 0 bridgehead atoms. The highest BCUT2D eigenvalue weighted by Crippen LogP contribution is 2.35. The third-order valence-corrected chi connectivity index (χ3v) is 8.17. The average Bonchev–Trinajstić information content (AvgIpc) is 3.54. The van der Waals surface area contributed by atoms with Gasteiger partial charge < -0.3 is 5.32 Å². The molecule has 190 valence electrons. The summed E-state index contributed by atoms with van der Waals surface area (Å²) in [5, 5.41) is 5.38. The number of hydrogen-bond donors (Lipinski definition) is 1. The van der Waals surface area contributed by atoms with Crippen LogP contribution in [-0.4, -0.2) is 43.1 Å². The van der Waals surface area contributed by atoms with Gasteiger partial charge in [0.2, 0.25) is 5.91 Å². The maximum atomic E-state index is 13.0. The summed E-state index contributed by atoms with van der Waals surface area (Å²) >= 11 is 2.92. The minimum atomic E-state index is -0.800. The number of thiophene rings is 1. The number of aliphatic imine (C=N–C) groups is 2. The summed E-state index contributed by atoms with van der Waals surface area (Å²) in [6.45, 7) is 2.27. The minimum absolute atomic E-state index is 0.0478. The van der Waals surface area contributed by atoms with Crippen LogP contribution in [-0.2, 0) is 21.9 Å². The topological polar surface area (TPSA) is 108 Å². The first-order chi connectivity index (χ1) is 18.5. The van der Waals surface area contributed by atoms with Crippen molar-refractivity contribution in [3.63, 3.8) is 0 Å². The molecular formula is C27H22N6O3S2. The third-order valence-electron chi connectivity index (χ3n) is 6.31. The molecule has 5 heterocycles.